The van der Waals surface area contributed by atoms with E-state index in [0.717, 1.165) is 17.7 Å². The number of carbonyl (C=O) groups is 1. The first-order valence-electron chi connectivity index (χ1n) is 12.3. The van der Waals surface area contributed by atoms with Gasteiger partial charge < -0.3 is 9.47 Å². The highest BCUT2D eigenvalue weighted by molar-refractivity contribution is 5.99. The Kier molecular flexibility index (Phi) is 7.03. The van der Waals surface area contributed by atoms with Crippen molar-refractivity contribution in [2.24, 2.45) is 0 Å². The van der Waals surface area contributed by atoms with E-state index in [1.54, 1.807) is 19.1 Å². The molecule has 0 atom stereocenters. The molecule has 0 bridgehead atoms. The van der Waals surface area contributed by atoms with Crippen molar-refractivity contribution in [2.75, 3.05) is 18.0 Å². The molecule has 5 rings (SSSR count). The lowest BCUT2D eigenvalue weighted by atomic mass is 10.0. The lowest BCUT2D eigenvalue weighted by Crippen LogP contribution is -2.47. The van der Waals surface area contributed by atoms with E-state index in [2.05, 4.69) is 14.9 Å². The number of rotatable bonds is 7. The molecule has 0 radical (unpaired) electrons. The molecule has 2 amide bonds. The Labute approximate surface area is 225 Å². The highest BCUT2D eigenvalue weighted by Crippen LogP contribution is 2.54. The molecule has 0 aromatic heterocycles. The molecule has 1 N–H and O–H groups in total. The van der Waals surface area contributed by atoms with Gasteiger partial charge in [0.1, 0.15) is 11.5 Å². The molecule has 12 heteroatoms. The van der Waals surface area contributed by atoms with Crippen molar-refractivity contribution in [1.82, 2.24) is 10.4 Å². The first kappa shape index (κ1) is 27.2. The lowest BCUT2D eigenvalue weighted by Gasteiger charge is -2.29. The number of amides is 2. The summed E-state index contributed by atoms with van der Waals surface area (Å²) in [5, 5.41) is 1.27. The van der Waals surface area contributed by atoms with Gasteiger partial charge in [-0.2, -0.15) is 26.3 Å². The van der Waals surface area contributed by atoms with Gasteiger partial charge in [0.05, 0.1) is 17.8 Å². The van der Waals surface area contributed by atoms with Crippen LogP contribution in [0, 0.1) is 0 Å². The van der Waals surface area contributed by atoms with Gasteiger partial charge in [-0.25, -0.2) is 9.80 Å². The highest BCUT2D eigenvalue weighted by atomic mass is 19.3. The van der Waals surface area contributed by atoms with E-state index in [1.807, 2.05) is 30.3 Å². The minimum absolute atomic E-state index is 0.00316. The van der Waals surface area contributed by atoms with Crippen molar-refractivity contribution < 1.29 is 40.6 Å². The Morgan fingerprint density at radius 2 is 1.73 bits per heavy atom. The second-order valence-corrected chi connectivity index (χ2v) is 9.13. The van der Waals surface area contributed by atoms with Crippen LogP contribution < -0.4 is 19.8 Å². The van der Waals surface area contributed by atoms with Crippen LogP contribution in [0.3, 0.4) is 0 Å². The number of halogens is 6. The number of nitrogens with one attached hydrogen (secondary N) is 1. The molecule has 0 fully saturated rings. The van der Waals surface area contributed by atoms with Gasteiger partial charge >= 0.3 is 24.7 Å². The second-order valence-electron chi connectivity index (χ2n) is 9.13. The quantitative estimate of drug-likeness (QED) is 0.312. The van der Waals surface area contributed by atoms with Gasteiger partial charge in [-0.15, -0.1) is 0 Å². The number of urea groups is 1. The van der Waals surface area contributed by atoms with Crippen molar-refractivity contribution in [2.45, 2.75) is 32.0 Å². The first-order chi connectivity index (χ1) is 19.0. The van der Waals surface area contributed by atoms with E-state index in [-0.39, 0.29) is 24.5 Å². The fraction of sp³-hybridized carbons (Fsp3) is 0.250. The number of ether oxygens (including phenoxy) is 2. The third kappa shape index (κ3) is 4.89. The molecule has 40 heavy (non-hydrogen) atoms. The summed E-state index contributed by atoms with van der Waals surface area (Å²) in [6.07, 6.45) is -4.26. The van der Waals surface area contributed by atoms with Crippen LogP contribution in [-0.4, -0.2) is 36.8 Å². The molecule has 0 spiro atoms. The maximum absolute atomic E-state index is 14.4. The fourth-order valence-electron chi connectivity index (χ4n) is 4.60. The van der Waals surface area contributed by atoms with E-state index in [0.29, 0.717) is 23.3 Å². The van der Waals surface area contributed by atoms with E-state index < -0.39 is 36.0 Å². The van der Waals surface area contributed by atoms with Crippen LogP contribution in [0.4, 0.5) is 36.8 Å². The third-order valence-corrected chi connectivity index (χ3v) is 6.48. The minimum atomic E-state index is -4.70. The zero-order valence-corrected chi connectivity index (χ0v) is 21.0. The summed E-state index contributed by atoms with van der Waals surface area (Å²) in [7, 11) is 0. The molecule has 2 aliphatic heterocycles. The Bertz CT molecular complexity index is 1430. The van der Waals surface area contributed by atoms with Crippen molar-refractivity contribution in [1.29, 1.82) is 0 Å². The summed E-state index contributed by atoms with van der Waals surface area (Å²) in [4.78, 5) is 15.0. The van der Waals surface area contributed by atoms with Gasteiger partial charge in [-0.3, -0.25) is 10.3 Å². The topological polar surface area (TPSA) is 54.0 Å². The molecule has 3 aromatic rings. The minimum Gasteiger partial charge on any atom is -0.435 e. The van der Waals surface area contributed by atoms with Crippen molar-refractivity contribution in [3.8, 4) is 11.5 Å². The summed E-state index contributed by atoms with van der Waals surface area (Å²) in [5.74, 6) is -5.26. The number of carbonyl (C=O) groups excluding carboxylic acids is 1. The zero-order chi connectivity index (χ0) is 28.7. The Morgan fingerprint density at radius 1 is 1.02 bits per heavy atom. The molecule has 210 valence electrons. The van der Waals surface area contributed by atoms with Crippen LogP contribution in [0.15, 0.2) is 72.8 Å². The third-order valence-electron chi connectivity index (χ3n) is 6.48. The van der Waals surface area contributed by atoms with Gasteiger partial charge in [0, 0.05) is 23.4 Å². The van der Waals surface area contributed by atoms with Crippen molar-refractivity contribution in [3.05, 3.63) is 89.5 Å². The summed E-state index contributed by atoms with van der Waals surface area (Å²) >= 11 is 0. The zero-order valence-electron chi connectivity index (χ0n) is 21.0. The summed E-state index contributed by atoms with van der Waals surface area (Å²) in [5.41, 5.74) is 4.63. The van der Waals surface area contributed by atoms with Crippen molar-refractivity contribution >= 4 is 23.0 Å². The van der Waals surface area contributed by atoms with Crippen LogP contribution in [0.25, 0.3) is 11.3 Å². The maximum atomic E-state index is 14.4. The van der Waals surface area contributed by atoms with E-state index in [9.17, 15) is 31.1 Å². The Hall–Kier alpha value is -4.35. The Morgan fingerprint density at radius 3 is 2.38 bits per heavy atom. The maximum Gasteiger partial charge on any atom is 0.469 e. The summed E-state index contributed by atoms with van der Waals surface area (Å²) < 4.78 is 90.0. The normalized spacial score (nSPS) is 16.9. The number of hydrazine groups is 1. The van der Waals surface area contributed by atoms with Gasteiger partial charge in [0.2, 0.25) is 0 Å². The smallest absolute Gasteiger partial charge is 0.435 e. The molecule has 6 nitrogen and oxygen atoms in total. The molecular weight excluding hydrogens is 540 g/mol. The average Bonchev–Trinajstić information content (AvgIpc) is 3.44. The molecular formula is C28H23F6N3O3. The van der Waals surface area contributed by atoms with Gasteiger partial charge in [-0.1, -0.05) is 37.3 Å². The van der Waals surface area contributed by atoms with Gasteiger partial charge in [0.25, 0.3) is 0 Å². The fourth-order valence-corrected chi connectivity index (χ4v) is 4.60. The SMILES string of the molecule is CCCN(C(=O)N1CC(c2ccccc2)=C(c2ccc(OC(F)F)cc2)N1)c1ccc2c(c1)C(F)(F)C(F)(F)O2. The van der Waals surface area contributed by atoms with E-state index in [1.165, 1.54) is 28.1 Å². The molecule has 2 heterocycles. The lowest BCUT2D eigenvalue weighted by molar-refractivity contribution is -0.296. The van der Waals surface area contributed by atoms with Crippen LogP contribution in [-0.2, 0) is 5.92 Å². The Balaban J connectivity index is 1.46. The molecule has 0 saturated carbocycles. The molecule has 0 aliphatic carbocycles. The monoisotopic (exact) mass is 563 g/mol. The predicted octanol–water partition coefficient (Wildman–Crippen LogP) is 7.09. The number of nitrogens with zero attached hydrogens (tertiary/aromatic N) is 2. The number of benzene rings is 3. The van der Waals surface area contributed by atoms with Crippen LogP contribution >= 0.6 is 0 Å². The molecule has 0 unspecified atom stereocenters. The summed E-state index contributed by atoms with van der Waals surface area (Å²) in [6.45, 7) is -1.03. The highest BCUT2D eigenvalue weighted by Gasteiger charge is 2.66. The second kappa shape index (κ2) is 10.3. The van der Waals surface area contributed by atoms with Gasteiger partial charge in [-0.05, 0) is 54.4 Å². The molecule has 0 saturated heterocycles. The number of anilines is 1. The number of fused-ring (bicyclic) bond motifs is 1. The molecule has 2 aliphatic rings. The number of hydrogen-bond acceptors (Lipinski definition) is 4. The first-order valence-corrected chi connectivity index (χ1v) is 12.3. The average molecular weight is 563 g/mol. The van der Waals surface area contributed by atoms with Crippen molar-refractivity contribution in [3.63, 3.8) is 0 Å². The van der Waals surface area contributed by atoms with Crippen LogP contribution in [0.1, 0.15) is 30.0 Å². The van der Waals surface area contributed by atoms with Gasteiger partial charge in [0.15, 0.2) is 0 Å². The predicted molar refractivity (Wildman–Crippen MR) is 135 cm³/mol. The number of hydrogen-bond donors (Lipinski definition) is 1. The van der Waals surface area contributed by atoms with Crippen LogP contribution in [0.5, 0.6) is 11.5 Å². The van der Waals surface area contributed by atoms with E-state index >= 15 is 0 Å². The summed E-state index contributed by atoms with van der Waals surface area (Å²) in [6, 6.07) is 17.5. The molecule has 3 aromatic carbocycles. The van der Waals surface area contributed by atoms with Crippen LogP contribution in [0.2, 0.25) is 0 Å². The number of alkyl halides is 6. The standard InChI is InChI=1S/C28H23F6N3O3/c1-2-14-36(19-10-13-23-22(15-19)27(31,32)28(33,34)40-23)26(38)37-16-21(17-6-4-3-5-7-17)24(35-37)18-8-11-20(12-9-18)39-25(29)30/h3-13,15,25,35H,2,14,16H2,1H3. The van der Waals surface area contributed by atoms with E-state index in [4.69, 9.17) is 0 Å². The largest absolute Gasteiger partial charge is 0.469 e.